The van der Waals surface area contributed by atoms with Crippen molar-refractivity contribution in [1.82, 2.24) is 0 Å². The second-order valence-electron chi connectivity index (χ2n) is 2.73. The molecule has 5 heteroatoms. The van der Waals surface area contributed by atoms with Crippen molar-refractivity contribution in [2.75, 3.05) is 5.32 Å². The Labute approximate surface area is 94.6 Å². The Kier molecular flexibility index (Phi) is 3.89. The van der Waals surface area contributed by atoms with Crippen molar-refractivity contribution in [2.45, 2.75) is 12.3 Å². The molecule has 0 radical (unpaired) electrons. The van der Waals surface area contributed by atoms with Crippen LogP contribution >= 0.6 is 27.5 Å². The smallest absolute Gasteiger partial charge is 0.242 e. The van der Waals surface area contributed by atoms with Crippen molar-refractivity contribution in [1.29, 1.82) is 0 Å². The largest absolute Gasteiger partial charge is 0.325 e. The summed E-state index contributed by atoms with van der Waals surface area (Å²) in [7, 11) is 0. The standard InChI is InChI=1S/C9H8BrClFNO/c1-5(11)9(14)13-6-2-3-8(12)7(10)4-6/h2-5H,1H3,(H,13,14). The first-order chi connectivity index (χ1) is 6.50. The molecule has 1 atom stereocenters. The zero-order chi connectivity index (χ0) is 10.7. The Morgan fingerprint density at radius 2 is 2.29 bits per heavy atom. The van der Waals surface area contributed by atoms with Gasteiger partial charge in [-0.2, -0.15) is 0 Å². The fraction of sp³-hybridized carbons (Fsp3) is 0.222. The molecule has 76 valence electrons. The number of hydrogen-bond acceptors (Lipinski definition) is 1. The first-order valence-corrected chi connectivity index (χ1v) is 5.13. The zero-order valence-corrected chi connectivity index (χ0v) is 9.69. The number of nitrogens with one attached hydrogen (secondary N) is 1. The van der Waals surface area contributed by atoms with E-state index in [1.165, 1.54) is 18.2 Å². The minimum Gasteiger partial charge on any atom is -0.325 e. The molecule has 0 aromatic heterocycles. The van der Waals surface area contributed by atoms with Crippen LogP contribution in [0, 0.1) is 5.82 Å². The average Bonchev–Trinajstić information content (AvgIpc) is 2.11. The minimum absolute atomic E-state index is 0.303. The second-order valence-corrected chi connectivity index (χ2v) is 4.24. The summed E-state index contributed by atoms with van der Waals surface area (Å²) < 4.78 is 13.1. The molecule has 0 saturated heterocycles. The summed E-state index contributed by atoms with van der Waals surface area (Å²) in [4.78, 5) is 11.2. The highest BCUT2D eigenvalue weighted by molar-refractivity contribution is 9.10. The lowest BCUT2D eigenvalue weighted by molar-refractivity contribution is -0.115. The van der Waals surface area contributed by atoms with Crippen molar-refractivity contribution < 1.29 is 9.18 Å². The number of alkyl halides is 1. The van der Waals surface area contributed by atoms with E-state index in [0.29, 0.717) is 10.2 Å². The molecular weight excluding hydrogens is 272 g/mol. The molecule has 2 nitrogen and oxygen atoms in total. The van der Waals surface area contributed by atoms with Crippen LogP contribution in [0.3, 0.4) is 0 Å². The third-order valence-corrected chi connectivity index (χ3v) is 2.35. The van der Waals surface area contributed by atoms with Crippen LogP contribution in [0.2, 0.25) is 0 Å². The summed E-state index contributed by atoms with van der Waals surface area (Å²) in [5.74, 6) is -0.688. The molecule has 0 aliphatic heterocycles. The van der Waals surface area contributed by atoms with E-state index in [4.69, 9.17) is 11.6 Å². The van der Waals surface area contributed by atoms with Crippen LogP contribution in [0.5, 0.6) is 0 Å². The molecule has 0 spiro atoms. The van der Waals surface area contributed by atoms with Gasteiger partial charge in [0.05, 0.1) is 4.47 Å². The summed E-state index contributed by atoms with van der Waals surface area (Å²) >= 11 is 8.57. The van der Waals surface area contributed by atoms with E-state index in [1.54, 1.807) is 6.92 Å². The van der Waals surface area contributed by atoms with Crippen molar-refractivity contribution in [3.63, 3.8) is 0 Å². The Hall–Kier alpha value is -0.610. The molecule has 1 aromatic rings. The van der Waals surface area contributed by atoms with Crippen LogP contribution < -0.4 is 5.32 Å². The van der Waals surface area contributed by atoms with Gasteiger partial charge in [-0.1, -0.05) is 0 Å². The van der Waals surface area contributed by atoms with Crippen LogP contribution in [0.25, 0.3) is 0 Å². The maximum Gasteiger partial charge on any atom is 0.242 e. The molecule has 1 unspecified atom stereocenters. The first kappa shape index (κ1) is 11.5. The molecule has 1 aromatic carbocycles. The molecule has 14 heavy (non-hydrogen) atoms. The summed E-state index contributed by atoms with van der Waals surface area (Å²) in [5.41, 5.74) is 0.510. The van der Waals surface area contributed by atoms with Crippen molar-refractivity contribution >= 4 is 39.1 Å². The number of benzene rings is 1. The quantitative estimate of drug-likeness (QED) is 0.829. The van der Waals surface area contributed by atoms with Gasteiger partial charge < -0.3 is 5.32 Å². The molecule has 1 N–H and O–H groups in total. The Morgan fingerprint density at radius 3 is 2.79 bits per heavy atom. The zero-order valence-electron chi connectivity index (χ0n) is 7.35. The highest BCUT2D eigenvalue weighted by atomic mass is 79.9. The third-order valence-electron chi connectivity index (χ3n) is 1.55. The molecule has 0 aliphatic rings. The molecule has 0 heterocycles. The first-order valence-electron chi connectivity index (χ1n) is 3.90. The molecular formula is C9H8BrClFNO. The van der Waals surface area contributed by atoms with Gasteiger partial charge in [-0.25, -0.2) is 4.39 Å². The van der Waals surface area contributed by atoms with Gasteiger partial charge in [0.2, 0.25) is 5.91 Å². The van der Waals surface area contributed by atoms with Crippen LogP contribution in [0.1, 0.15) is 6.92 Å². The molecule has 0 aliphatic carbocycles. The van der Waals surface area contributed by atoms with E-state index in [0.717, 1.165) is 0 Å². The average molecular weight is 281 g/mol. The number of amides is 1. The number of anilines is 1. The monoisotopic (exact) mass is 279 g/mol. The van der Waals surface area contributed by atoms with Crippen LogP contribution in [-0.4, -0.2) is 11.3 Å². The molecule has 0 fully saturated rings. The van der Waals surface area contributed by atoms with Crippen molar-refractivity contribution in [3.8, 4) is 0 Å². The third kappa shape index (κ3) is 2.96. The van der Waals surface area contributed by atoms with Crippen molar-refractivity contribution in [3.05, 3.63) is 28.5 Å². The lowest BCUT2D eigenvalue weighted by Crippen LogP contribution is -2.20. The number of carbonyl (C=O) groups is 1. The van der Waals surface area contributed by atoms with Gasteiger partial charge in [0, 0.05) is 5.69 Å². The summed E-state index contributed by atoms with van der Waals surface area (Å²) in [6, 6.07) is 4.21. The van der Waals surface area contributed by atoms with E-state index < -0.39 is 5.38 Å². The maximum absolute atomic E-state index is 12.8. The number of hydrogen-bond donors (Lipinski definition) is 1. The lowest BCUT2D eigenvalue weighted by atomic mass is 10.3. The van der Waals surface area contributed by atoms with E-state index >= 15 is 0 Å². The molecule has 0 bridgehead atoms. The fourth-order valence-corrected chi connectivity index (χ4v) is 1.25. The Bertz CT molecular complexity index is 357. The molecule has 0 saturated carbocycles. The predicted octanol–water partition coefficient (Wildman–Crippen LogP) is 3.15. The number of halogens is 3. The molecule has 1 rings (SSSR count). The second kappa shape index (κ2) is 4.75. The van der Waals surface area contributed by atoms with Gasteiger partial charge in [0.15, 0.2) is 0 Å². The Morgan fingerprint density at radius 1 is 1.64 bits per heavy atom. The van der Waals surface area contributed by atoms with Crippen LogP contribution in [-0.2, 0) is 4.79 Å². The van der Waals surface area contributed by atoms with E-state index in [9.17, 15) is 9.18 Å². The fourth-order valence-electron chi connectivity index (χ4n) is 0.816. The van der Waals surface area contributed by atoms with E-state index in [-0.39, 0.29) is 11.7 Å². The maximum atomic E-state index is 12.8. The topological polar surface area (TPSA) is 29.1 Å². The summed E-state index contributed by atoms with van der Waals surface area (Å²) in [5, 5.41) is 1.93. The predicted molar refractivity (Wildman–Crippen MR) is 58.0 cm³/mol. The highest BCUT2D eigenvalue weighted by Crippen LogP contribution is 2.20. The SMILES string of the molecule is CC(Cl)C(=O)Nc1ccc(F)c(Br)c1. The number of rotatable bonds is 2. The van der Waals surface area contributed by atoms with Gasteiger partial charge in [-0.15, -0.1) is 11.6 Å². The van der Waals surface area contributed by atoms with Gasteiger partial charge in [0.1, 0.15) is 11.2 Å². The van der Waals surface area contributed by atoms with Crippen LogP contribution in [0.15, 0.2) is 22.7 Å². The van der Waals surface area contributed by atoms with Gasteiger partial charge in [-0.05, 0) is 41.1 Å². The normalized spacial score (nSPS) is 12.3. The van der Waals surface area contributed by atoms with E-state index in [1.807, 2.05) is 0 Å². The summed E-state index contributed by atoms with van der Waals surface area (Å²) in [6.07, 6.45) is 0. The Balaban J connectivity index is 2.78. The van der Waals surface area contributed by atoms with Gasteiger partial charge in [0.25, 0.3) is 0 Å². The summed E-state index contributed by atoms with van der Waals surface area (Å²) in [6.45, 7) is 1.56. The van der Waals surface area contributed by atoms with E-state index in [2.05, 4.69) is 21.2 Å². The van der Waals surface area contributed by atoms with Gasteiger partial charge in [-0.3, -0.25) is 4.79 Å². The highest BCUT2D eigenvalue weighted by Gasteiger charge is 2.09. The van der Waals surface area contributed by atoms with Gasteiger partial charge >= 0.3 is 0 Å². The molecule has 1 amide bonds. The minimum atomic E-state index is -0.612. The number of carbonyl (C=O) groups excluding carboxylic acids is 1. The van der Waals surface area contributed by atoms with Crippen LogP contribution in [0.4, 0.5) is 10.1 Å². The van der Waals surface area contributed by atoms with Crippen molar-refractivity contribution in [2.24, 2.45) is 0 Å². The lowest BCUT2D eigenvalue weighted by Gasteiger charge is -2.06.